The lowest BCUT2D eigenvalue weighted by Gasteiger charge is -2.35. The van der Waals surface area contributed by atoms with Crippen molar-refractivity contribution >= 4 is 11.4 Å². The molecule has 4 rings (SSSR count). The summed E-state index contributed by atoms with van der Waals surface area (Å²) in [5, 5.41) is 11.1. The maximum absolute atomic E-state index is 11.1. The Morgan fingerprint density at radius 3 is 1.71 bits per heavy atom. The Kier molecular flexibility index (Phi) is 11.7. The summed E-state index contributed by atoms with van der Waals surface area (Å²) in [6.07, 6.45) is 6.26. The average molecular weight is 527 g/mol. The normalized spacial score (nSPS) is 18.1. The smallest absolute Gasteiger partial charge is 0.276 e. The van der Waals surface area contributed by atoms with Gasteiger partial charge in [0.1, 0.15) is 24.7 Å². The van der Waals surface area contributed by atoms with Crippen LogP contribution < -0.4 is 15.2 Å². The Morgan fingerprint density at radius 2 is 1.24 bits per heavy atom. The summed E-state index contributed by atoms with van der Waals surface area (Å²) in [7, 11) is 0. The summed E-state index contributed by atoms with van der Waals surface area (Å²) >= 11 is 0. The summed E-state index contributed by atoms with van der Waals surface area (Å²) in [5.41, 5.74) is 9.03. The zero-order valence-corrected chi connectivity index (χ0v) is 23.7. The van der Waals surface area contributed by atoms with Crippen molar-refractivity contribution in [1.29, 1.82) is 0 Å². The van der Waals surface area contributed by atoms with Crippen LogP contribution in [0.4, 0.5) is 11.4 Å². The van der Waals surface area contributed by atoms with Crippen LogP contribution in [0.1, 0.15) is 64.5 Å². The van der Waals surface area contributed by atoms with Crippen molar-refractivity contribution in [3.05, 3.63) is 57.6 Å². The maximum Gasteiger partial charge on any atom is 0.276 e. The van der Waals surface area contributed by atoms with Crippen molar-refractivity contribution in [2.24, 2.45) is 0 Å². The molecule has 0 aliphatic carbocycles. The predicted molar refractivity (Wildman–Crippen MR) is 154 cm³/mol. The van der Waals surface area contributed by atoms with Gasteiger partial charge in [0.25, 0.3) is 5.69 Å². The number of nitro benzene ring substituents is 1. The number of ether oxygens (including phenoxy) is 2. The molecule has 0 saturated heterocycles. The summed E-state index contributed by atoms with van der Waals surface area (Å²) in [6, 6.07) is 11.7. The lowest BCUT2D eigenvalue weighted by Crippen LogP contribution is -2.44. The minimum Gasteiger partial charge on any atom is -0.492 e. The van der Waals surface area contributed by atoms with E-state index in [-0.39, 0.29) is 16.7 Å². The first-order valence-electron chi connectivity index (χ1n) is 14.3. The van der Waals surface area contributed by atoms with Crippen LogP contribution in [0.5, 0.6) is 11.5 Å². The highest BCUT2D eigenvalue weighted by Gasteiger charge is 2.30. The standard InChI is InChI=1S/C15H22N2O3.C15H24N2O/c1-3-8-16(9-4-2)12-10-13-14(17(18)19)6-5-7-15(13)20-11-12;1-3-8-17(9-4-2)12-10-13-14(16)6-5-7-15(13)18-11-12/h5-7,12H,3-4,8-11H2,1-2H3;5-7,12H,3-4,8-11,16H2,1-2H3. The fourth-order valence-electron chi connectivity index (χ4n) is 5.53. The molecule has 2 aromatic rings. The second-order valence-electron chi connectivity index (χ2n) is 10.2. The van der Waals surface area contributed by atoms with E-state index in [0.29, 0.717) is 24.8 Å². The average Bonchev–Trinajstić information content (AvgIpc) is 2.92. The van der Waals surface area contributed by atoms with Gasteiger partial charge in [0.2, 0.25) is 0 Å². The number of hydrogen-bond donors (Lipinski definition) is 1. The van der Waals surface area contributed by atoms with Gasteiger partial charge >= 0.3 is 0 Å². The lowest BCUT2D eigenvalue weighted by atomic mass is 9.99. The molecule has 0 saturated carbocycles. The van der Waals surface area contributed by atoms with Gasteiger partial charge in [-0.25, -0.2) is 0 Å². The van der Waals surface area contributed by atoms with E-state index < -0.39 is 0 Å². The number of nitrogens with two attached hydrogens (primary N) is 1. The van der Waals surface area contributed by atoms with Crippen LogP contribution in [-0.2, 0) is 12.8 Å². The number of rotatable bonds is 11. The number of benzene rings is 2. The molecule has 0 aromatic heterocycles. The van der Waals surface area contributed by atoms with Gasteiger partial charge in [-0.3, -0.25) is 19.9 Å². The first kappa shape index (κ1) is 29.7. The van der Waals surface area contributed by atoms with Crippen molar-refractivity contribution in [3.8, 4) is 11.5 Å². The largest absolute Gasteiger partial charge is 0.492 e. The molecule has 2 aliphatic heterocycles. The third-order valence-electron chi connectivity index (χ3n) is 7.29. The van der Waals surface area contributed by atoms with Crippen LogP contribution in [0.25, 0.3) is 0 Å². The Hall–Kier alpha value is -2.84. The van der Waals surface area contributed by atoms with E-state index >= 15 is 0 Å². The number of hydrogen-bond acceptors (Lipinski definition) is 7. The highest BCUT2D eigenvalue weighted by molar-refractivity contribution is 5.55. The molecule has 210 valence electrons. The Bertz CT molecular complexity index is 1020. The van der Waals surface area contributed by atoms with Crippen LogP contribution in [0.15, 0.2) is 36.4 Å². The first-order valence-corrected chi connectivity index (χ1v) is 14.3. The van der Waals surface area contributed by atoms with E-state index in [2.05, 4.69) is 37.5 Å². The minimum atomic E-state index is -0.311. The van der Waals surface area contributed by atoms with Crippen LogP contribution in [0.3, 0.4) is 0 Å². The zero-order chi connectivity index (χ0) is 27.5. The molecule has 2 N–H and O–H groups in total. The molecule has 2 atom stereocenters. The molecular formula is C30H46N4O4. The molecule has 0 amide bonds. The van der Waals surface area contributed by atoms with E-state index in [1.54, 1.807) is 12.1 Å². The van der Waals surface area contributed by atoms with E-state index in [1.807, 2.05) is 24.3 Å². The highest BCUT2D eigenvalue weighted by atomic mass is 16.6. The van der Waals surface area contributed by atoms with E-state index in [9.17, 15) is 10.1 Å². The fourth-order valence-corrected chi connectivity index (χ4v) is 5.53. The molecule has 0 spiro atoms. The molecule has 0 bridgehead atoms. The number of nitrogens with zero attached hydrogens (tertiary/aromatic N) is 3. The maximum atomic E-state index is 11.1. The predicted octanol–water partition coefficient (Wildman–Crippen LogP) is 5.71. The van der Waals surface area contributed by atoms with Crippen LogP contribution in [0, 0.1) is 10.1 Å². The van der Waals surface area contributed by atoms with Crippen molar-refractivity contribution in [3.63, 3.8) is 0 Å². The van der Waals surface area contributed by atoms with Crippen molar-refractivity contribution in [2.45, 2.75) is 78.3 Å². The van der Waals surface area contributed by atoms with Gasteiger partial charge in [0, 0.05) is 35.8 Å². The second-order valence-corrected chi connectivity index (χ2v) is 10.2. The van der Waals surface area contributed by atoms with Gasteiger partial charge in [0.05, 0.1) is 10.5 Å². The van der Waals surface area contributed by atoms with Crippen molar-refractivity contribution in [1.82, 2.24) is 9.80 Å². The summed E-state index contributed by atoms with van der Waals surface area (Å²) < 4.78 is 11.6. The van der Waals surface area contributed by atoms with E-state index in [0.717, 1.165) is 69.0 Å². The Morgan fingerprint density at radius 1 is 0.789 bits per heavy atom. The van der Waals surface area contributed by atoms with Crippen LogP contribution in [-0.4, -0.2) is 66.2 Å². The molecule has 0 radical (unpaired) electrons. The Balaban J connectivity index is 0.000000212. The molecule has 2 aliphatic rings. The van der Waals surface area contributed by atoms with Gasteiger partial charge < -0.3 is 15.2 Å². The second kappa shape index (κ2) is 14.9. The number of fused-ring (bicyclic) bond motifs is 2. The molecule has 8 heteroatoms. The zero-order valence-electron chi connectivity index (χ0n) is 23.7. The first-order chi connectivity index (χ1) is 18.4. The summed E-state index contributed by atoms with van der Waals surface area (Å²) in [4.78, 5) is 15.8. The molecular weight excluding hydrogens is 480 g/mol. The summed E-state index contributed by atoms with van der Waals surface area (Å²) in [5.74, 6) is 1.64. The molecule has 0 fully saturated rings. The van der Waals surface area contributed by atoms with E-state index in [1.165, 1.54) is 18.4 Å². The topological polar surface area (TPSA) is 94.1 Å². The number of anilines is 1. The summed E-state index contributed by atoms with van der Waals surface area (Å²) in [6.45, 7) is 14.5. The quantitative estimate of drug-likeness (QED) is 0.227. The minimum absolute atomic E-state index is 0.181. The monoisotopic (exact) mass is 526 g/mol. The SMILES string of the molecule is CCCN(CCC)C1COc2cccc(N)c2C1.CCCN(CCC)C1COc2cccc([N+](=O)[O-])c2C1. The fraction of sp³-hybridized carbons (Fsp3) is 0.600. The van der Waals surface area contributed by atoms with Crippen LogP contribution >= 0.6 is 0 Å². The molecule has 2 aromatic carbocycles. The van der Waals surface area contributed by atoms with E-state index in [4.69, 9.17) is 15.2 Å². The third-order valence-corrected chi connectivity index (χ3v) is 7.29. The van der Waals surface area contributed by atoms with Gasteiger partial charge in [-0.2, -0.15) is 0 Å². The van der Waals surface area contributed by atoms with Crippen molar-refractivity contribution < 1.29 is 14.4 Å². The third kappa shape index (κ3) is 7.60. The lowest BCUT2D eigenvalue weighted by molar-refractivity contribution is -0.385. The Labute approximate surface area is 228 Å². The molecule has 8 nitrogen and oxygen atoms in total. The number of nitro groups is 1. The highest BCUT2D eigenvalue weighted by Crippen LogP contribution is 2.34. The molecule has 2 unspecified atom stereocenters. The number of nitrogen functional groups attached to an aromatic ring is 1. The van der Waals surface area contributed by atoms with Gasteiger partial charge in [-0.05, 0) is 76.5 Å². The van der Waals surface area contributed by atoms with Crippen molar-refractivity contribution in [2.75, 3.05) is 45.1 Å². The molecule has 2 heterocycles. The molecule has 38 heavy (non-hydrogen) atoms. The van der Waals surface area contributed by atoms with Crippen LogP contribution in [0.2, 0.25) is 0 Å². The van der Waals surface area contributed by atoms with Gasteiger partial charge in [0.15, 0.2) is 0 Å². The van der Waals surface area contributed by atoms with Gasteiger partial charge in [-0.1, -0.05) is 39.8 Å². The van der Waals surface area contributed by atoms with Gasteiger partial charge in [-0.15, -0.1) is 0 Å².